The average molecular weight is 300 g/mol. The molecule has 100 valence electrons. The summed E-state index contributed by atoms with van der Waals surface area (Å²) in [6.07, 6.45) is 1.67. The number of carbonyl (C=O) groups excluding carboxylic acids is 1. The molecule has 2 rings (SSSR count). The summed E-state index contributed by atoms with van der Waals surface area (Å²) in [5, 5.41) is 3.17. The number of anilines is 1. The first-order valence-corrected chi connectivity index (χ1v) is 7.15. The van der Waals surface area contributed by atoms with Gasteiger partial charge in [-0.1, -0.05) is 0 Å². The van der Waals surface area contributed by atoms with E-state index in [1.54, 1.807) is 6.20 Å². The first-order valence-electron chi connectivity index (χ1n) is 5.35. The van der Waals surface area contributed by atoms with E-state index in [1.165, 1.54) is 17.4 Å². The first kappa shape index (κ1) is 14.0. The first-order chi connectivity index (χ1) is 9.04. The fourth-order valence-electron chi connectivity index (χ4n) is 1.28. The summed E-state index contributed by atoms with van der Waals surface area (Å²) in [4.78, 5) is 17.1. The van der Waals surface area contributed by atoms with E-state index in [2.05, 4.69) is 10.3 Å². The number of nitrogens with one attached hydrogen (secondary N) is 1. The SMILES string of the molecule is Cc1cnc(NC(=O)CSc2ccc(F)c(F)c2)s1. The quantitative estimate of drug-likeness (QED) is 0.879. The molecule has 7 heteroatoms. The third-order valence-electron chi connectivity index (χ3n) is 2.13. The second kappa shape index (κ2) is 6.12. The third kappa shape index (κ3) is 4.00. The number of nitrogens with zero attached hydrogens (tertiary/aromatic N) is 1. The number of hydrogen-bond donors (Lipinski definition) is 1. The van der Waals surface area contributed by atoms with E-state index in [9.17, 15) is 13.6 Å². The lowest BCUT2D eigenvalue weighted by Gasteiger charge is -2.02. The van der Waals surface area contributed by atoms with Crippen molar-refractivity contribution in [2.45, 2.75) is 11.8 Å². The van der Waals surface area contributed by atoms with Crippen LogP contribution in [0.3, 0.4) is 0 Å². The van der Waals surface area contributed by atoms with Crippen LogP contribution in [0.4, 0.5) is 13.9 Å². The number of carbonyl (C=O) groups is 1. The van der Waals surface area contributed by atoms with E-state index >= 15 is 0 Å². The second-order valence-corrected chi connectivity index (χ2v) is 5.97. The van der Waals surface area contributed by atoms with Crippen molar-refractivity contribution in [1.82, 2.24) is 4.98 Å². The highest BCUT2D eigenvalue weighted by Crippen LogP contribution is 2.21. The predicted octanol–water partition coefficient (Wildman–Crippen LogP) is 3.46. The van der Waals surface area contributed by atoms with Crippen LogP contribution < -0.4 is 5.32 Å². The number of amides is 1. The molecule has 3 nitrogen and oxygen atoms in total. The van der Waals surface area contributed by atoms with E-state index in [0.717, 1.165) is 28.8 Å². The number of benzene rings is 1. The molecular formula is C12H10F2N2OS2. The Morgan fingerprint density at radius 2 is 2.21 bits per heavy atom. The van der Waals surface area contributed by atoms with Crippen LogP contribution in [0.15, 0.2) is 29.3 Å². The molecule has 1 heterocycles. The Morgan fingerprint density at radius 3 is 2.84 bits per heavy atom. The van der Waals surface area contributed by atoms with Gasteiger partial charge in [0.2, 0.25) is 5.91 Å². The maximum Gasteiger partial charge on any atom is 0.236 e. The number of thioether (sulfide) groups is 1. The molecule has 0 spiro atoms. The molecule has 0 saturated carbocycles. The number of aromatic nitrogens is 1. The zero-order valence-corrected chi connectivity index (χ0v) is 11.6. The smallest absolute Gasteiger partial charge is 0.236 e. The van der Waals surface area contributed by atoms with Gasteiger partial charge in [-0.25, -0.2) is 13.8 Å². The Bertz CT molecular complexity index is 601. The molecule has 1 aromatic carbocycles. The van der Waals surface area contributed by atoms with Crippen LogP contribution in [0.1, 0.15) is 4.88 Å². The van der Waals surface area contributed by atoms with Gasteiger partial charge in [0, 0.05) is 16.0 Å². The molecule has 0 saturated heterocycles. The summed E-state index contributed by atoms with van der Waals surface area (Å²) in [6.45, 7) is 1.89. The van der Waals surface area contributed by atoms with Crippen molar-refractivity contribution in [2.75, 3.05) is 11.1 Å². The fraction of sp³-hybridized carbons (Fsp3) is 0.167. The van der Waals surface area contributed by atoms with E-state index in [-0.39, 0.29) is 11.7 Å². The molecule has 2 aromatic rings. The van der Waals surface area contributed by atoms with Crippen LogP contribution in [-0.4, -0.2) is 16.6 Å². The van der Waals surface area contributed by atoms with E-state index in [0.29, 0.717) is 10.0 Å². The minimum atomic E-state index is -0.916. The Hall–Kier alpha value is -1.47. The number of halogens is 2. The lowest BCUT2D eigenvalue weighted by atomic mass is 10.3. The van der Waals surface area contributed by atoms with Gasteiger partial charge < -0.3 is 5.32 Å². The van der Waals surface area contributed by atoms with Crippen molar-refractivity contribution < 1.29 is 13.6 Å². The van der Waals surface area contributed by atoms with Gasteiger partial charge in [0.25, 0.3) is 0 Å². The van der Waals surface area contributed by atoms with E-state index < -0.39 is 11.6 Å². The van der Waals surface area contributed by atoms with Gasteiger partial charge in [0.05, 0.1) is 5.75 Å². The third-order valence-corrected chi connectivity index (χ3v) is 3.95. The zero-order valence-electron chi connectivity index (χ0n) is 9.94. The normalized spacial score (nSPS) is 10.5. The summed E-state index contributed by atoms with van der Waals surface area (Å²) in [7, 11) is 0. The van der Waals surface area contributed by atoms with Crippen molar-refractivity contribution in [2.24, 2.45) is 0 Å². The van der Waals surface area contributed by atoms with Gasteiger partial charge in [-0.05, 0) is 25.1 Å². The van der Waals surface area contributed by atoms with Crippen molar-refractivity contribution in [3.8, 4) is 0 Å². The molecule has 1 aromatic heterocycles. The van der Waals surface area contributed by atoms with Gasteiger partial charge in [-0.3, -0.25) is 4.79 Å². The van der Waals surface area contributed by atoms with Crippen LogP contribution >= 0.6 is 23.1 Å². The fourth-order valence-corrected chi connectivity index (χ4v) is 2.69. The summed E-state index contributed by atoms with van der Waals surface area (Å²) in [5.41, 5.74) is 0. The van der Waals surface area contributed by atoms with Gasteiger partial charge in [0.15, 0.2) is 16.8 Å². The Labute approximate surface area is 117 Å². The van der Waals surface area contributed by atoms with Crippen LogP contribution in [0.2, 0.25) is 0 Å². The lowest BCUT2D eigenvalue weighted by molar-refractivity contribution is -0.113. The molecule has 0 aliphatic rings. The van der Waals surface area contributed by atoms with Crippen molar-refractivity contribution in [3.05, 3.63) is 40.9 Å². The second-order valence-electron chi connectivity index (χ2n) is 3.69. The summed E-state index contributed by atoms with van der Waals surface area (Å²) in [5.74, 6) is -1.93. The number of aryl methyl sites for hydroxylation is 1. The molecule has 1 N–H and O–H groups in total. The molecule has 0 radical (unpaired) electrons. The maximum absolute atomic E-state index is 13.0. The molecule has 0 aliphatic heterocycles. The topological polar surface area (TPSA) is 42.0 Å². The van der Waals surface area contributed by atoms with E-state index in [4.69, 9.17) is 0 Å². The molecule has 1 amide bonds. The highest BCUT2D eigenvalue weighted by molar-refractivity contribution is 8.00. The zero-order chi connectivity index (χ0) is 13.8. The minimum Gasteiger partial charge on any atom is -0.301 e. The minimum absolute atomic E-state index is 0.115. The van der Waals surface area contributed by atoms with Crippen LogP contribution in [0.5, 0.6) is 0 Å². The largest absolute Gasteiger partial charge is 0.301 e. The molecule has 0 aliphatic carbocycles. The lowest BCUT2D eigenvalue weighted by Crippen LogP contribution is -2.13. The Balaban J connectivity index is 1.88. The predicted molar refractivity (Wildman–Crippen MR) is 72.6 cm³/mol. The van der Waals surface area contributed by atoms with Crippen LogP contribution in [0, 0.1) is 18.6 Å². The number of thiazole rings is 1. The molecule has 0 bridgehead atoms. The molecule has 0 fully saturated rings. The van der Waals surface area contributed by atoms with Gasteiger partial charge in [-0.2, -0.15) is 0 Å². The van der Waals surface area contributed by atoms with Crippen LogP contribution in [-0.2, 0) is 4.79 Å². The van der Waals surface area contributed by atoms with Gasteiger partial charge in [0.1, 0.15) is 0 Å². The summed E-state index contributed by atoms with van der Waals surface area (Å²) >= 11 is 2.52. The number of hydrogen-bond acceptors (Lipinski definition) is 4. The Kier molecular flexibility index (Phi) is 4.49. The molecule has 0 unspecified atom stereocenters. The van der Waals surface area contributed by atoms with Crippen molar-refractivity contribution in [3.63, 3.8) is 0 Å². The average Bonchev–Trinajstić information content (AvgIpc) is 2.76. The van der Waals surface area contributed by atoms with Crippen LogP contribution in [0.25, 0.3) is 0 Å². The van der Waals surface area contributed by atoms with Gasteiger partial charge >= 0.3 is 0 Å². The summed E-state index contributed by atoms with van der Waals surface area (Å²) in [6, 6.07) is 3.55. The highest BCUT2D eigenvalue weighted by atomic mass is 32.2. The molecular weight excluding hydrogens is 290 g/mol. The Morgan fingerprint density at radius 1 is 1.42 bits per heavy atom. The highest BCUT2D eigenvalue weighted by Gasteiger charge is 2.08. The van der Waals surface area contributed by atoms with E-state index in [1.807, 2.05) is 6.92 Å². The monoisotopic (exact) mass is 300 g/mol. The van der Waals surface area contributed by atoms with Gasteiger partial charge in [-0.15, -0.1) is 23.1 Å². The standard InChI is InChI=1S/C12H10F2N2OS2/c1-7-5-15-12(19-7)16-11(17)6-18-8-2-3-9(13)10(14)4-8/h2-5H,6H2,1H3,(H,15,16,17). The molecule has 19 heavy (non-hydrogen) atoms. The summed E-state index contributed by atoms with van der Waals surface area (Å²) < 4.78 is 25.7. The van der Waals surface area contributed by atoms with Crippen molar-refractivity contribution in [1.29, 1.82) is 0 Å². The number of rotatable bonds is 4. The maximum atomic E-state index is 13.0. The molecule has 0 atom stereocenters. The van der Waals surface area contributed by atoms with Crippen molar-refractivity contribution >= 4 is 34.1 Å².